The quantitative estimate of drug-likeness (QED) is 0.426. The summed E-state index contributed by atoms with van der Waals surface area (Å²) in [7, 11) is -1.14. The molecule has 0 spiro atoms. The highest BCUT2D eigenvalue weighted by Gasteiger charge is 2.16. The molecule has 0 atom stereocenters. The molecule has 0 radical (unpaired) electrons. The molecule has 0 fully saturated rings. The Labute approximate surface area is 161 Å². The molecule has 28 heavy (non-hydrogen) atoms. The minimum absolute atomic E-state index is 0.0600. The molecule has 2 heterocycles. The van der Waals surface area contributed by atoms with E-state index < -0.39 is 7.37 Å². The maximum absolute atomic E-state index is 12.4. The van der Waals surface area contributed by atoms with Gasteiger partial charge in [-0.15, -0.1) is 0 Å². The van der Waals surface area contributed by atoms with E-state index in [1.807, 2.05) is 6.07 Å². The number of ether oxygens (including phenoxy) is 2. The number of hydrogen-bond donors (Lipinski definition) is 2. The molecule has 0 aliphatic heterocycles. The van der Waals surface area contributed by atoms with Crippen LogP contribution in [0.25, 0.3) is 11.2 Å². The van der Waals surface area contributed by atoms with Crippen molar-refractivity contribution in [1.82, 2.24) is 19.5 Å². The number of methoxy groups -OCH3 is 1. The van der Waals surface area contributed by atoms with Crippen LogP contribution in [0, 0.1) is 0 Å². The van der Waals surface area contributed by atoms with Crippen LogP contribution in [0.2, 0.25) is 0 Å². The van der Waals surface area contributed by atoms with Crippen LogP contribution in [0.3, 0.4) is 0 Å². The average molecular weight is 407 g/mol. The van der Waals surface area contributed by atoms with Crippen LogP contribution in [-0.4, -0.2) is 53.2 Å². The van der Waals surface area contributed by atoms with E-state index in [4.69, 9.17) is 19.7 Å². The van der Waals surface area contributed by atoms with Gasteiger partial charge in [-0.25, -0.2) is 4.79 Å². The lowest BCUT2D eigenvalue weighted by Gasteiger charge is -2.11. The van der Waals surface area contributed by atoms with Gasteiger partial charge in [-0.05, 0) is 17.7 Å². The normalized spacial score (nSPS) is 11.7. The summed E-state index contributed by atoms with van der Waals surface area (Å²) >= 11 is 0. The molecular weight excluding hydrogens is 385 g/mol. The molecule has 0 saturated carbocycles. The van der Waals surface area contributed by atoms with E-state index in [0.717, 1.165) is 5.56 Å². The fraction of sp³-hybridized carbons (Fsp3) is 0.353. The summed E-state index contributed by atoms with van der Waals surface area (Å²) < 4.78 is 29.1. The van der Waals surface area contributed by atoms with Gasteiger partial charge in [0.1, 0.15) is 17.9 Å². The van der Waals surface area contributed by atoms with Crippen molar-refractivity contribution in [3.8, 4) is 11.8 Å². The number of anilines is 1. The van der Waals surface area contributed by atoms with E-state index in [1.54, 1.807) is 25.3 Å². The van der Waals surface area contributed by atoms with Crippen LogP contribution in [0.1, 0.15) is 5.56 Å². The third-order valence-corrected chi connectivity index (χ3v) is 4.36. The number of nitrogens with two attached hydrogens (primary N) is 1. The number of rotatable bonds is 8. The van der Waals surface area contributed by atoms with Gasteiger partial charge in [-0.1, -0.05) is 12.1 Å². The Balaban J connectivity index is 1.94. The van der Waals surface area contributed by atoms with E-state index in [-0.39, 0.29) is 30.7 Å². The molecule has 2 aromatic heterocycles. The molecule has 0 bridgehead atoms. The lowest BCUT2D eigenvalue weighted by atomic mass is 10.2. The molecule has 10 nitrogen and oxygen atoms in total. The van der Waals surface area contributed by atoms with Crippen molar-refractivity contribution in [3.05, 3.63) is 40.3 Å². The van der Waals surface area contributed by atoms with Gasteiger partial charge in [0.15, 0.2) is 11.5 Å². The number of nitrogens with one attached hydrogen (secondary N) is 1. The predicted molar refractivity (Wildman–Crippen MR) is 106 cm³/mol. The summed E-state index contributed by atoms with van der Waals surface area (Å²) in [6.45, 7) is 3.90. The van der Waals surface area contributed by atoms with Gasteiger partial charge in [0, 0.05) is 20.4 Å². The van der Waals surface area contributed by atoms with Gasteiger partial charge < -0.3 is 24.7 Å². The fourth-order valence-corrected chi connectivity index (χ4v) is 3.22. The lowest BCUT2D eigenvalue weighted by Crippen LogP contribution is -2.18. The Morgan fingerprint density at radius 3 is 2.75 bits per heavy atom. The van der Waals surface area contributed by atoms with Gasteiger partial charge in [-0.3, -0.25) is 9.13 Å². The zero-order chi connectivity index (χ0) is 20.3. The zero-order valence-electron chi connectivity index (χ0n) is 15.8. The number of H-pyrrole nitrogens is 1. The Bertz CT molecular complexity index is 1090. The Morgan fingerprint density at radius 1 is 1.25 bits per heavy atom. The van der Waals surface area contributed by atoms with Crippen LogP contribution in [0.15, 0.2) is 29.1 Å². The molecule has 1 aromatic carbocycles. The standard InChI is InChI=1S/C17H22N5O5P/c1-25-7-8-26-16-20-14(18)13-15(21-16)22(17(23)19-13)10-11-5-4-6-12(9-11)27-28(2,3)24/h4-6,9H,7-8,10H2,1-3H3,(H,19,23)(H2,18,20,21). The molecule has 3 aromatic rings. The van der Waals surface area contributed by atoms with Crippen LogP contribution in [-0.2, 0) is 15.8 Å². The third-order valence-electron chi connectivity index (χ3n) is 3.71. The summed E-state index contributed by atoms with van der Waals surface area (Å²) in [6.07, 6.45) is 0. The second-order valence-corrected chi connectivity index (χ2v) is 9.12. The summed E-state index contributed by atoms with van der Waals surface area (Å²) in [5.74, 6) is 0.583. The molecule has 11 heteroatoms. The number of nitrogen functional groups attached to an aromatic ring is 1. The molecule has 0 aliphatic rings. The molecule has 3 rings (SSSR count). The average Bonchev–Trinajstić information content (AvgIpc) is 2.91. The zero-order valence-corrected chi connectivity index (χ0v) is 16.7. The van der Waals surface area contributed by atoms with Gasteiger partial charge in [0.25, 0.3) is 0 Å². The fourth-order valence-electron chi connectivity index (χ4n) is 2.60. The Morgan fingerprint density at radius 2 is 2.04 bits per heavy atom. The minimum Gasteiger partial charge on any atom is -0.461 e. The Kier molecular flexibility index (Phi) is 5.71. The summed E-state index contributed by atoms with van der Waals surface area (Å²) in [4.78, 5) is 23.4. The molecule has 0 saturated heterocycles. The smallest absolute Gasteiger partial charge is 0.328 e. The molecule has 150 valence electrons. The highest BCUT2D eigenvalue weighted by molar-refractivity contribution is 7.57. The number of aromatic amines is 1. The first-order valence-electron chi connectivity index (χ1n) is 8.48. The van der Waals surface area contributed by atoms with Gasteiger partial charge in [0.2, 0.25) is 7.37 Å². The van der Waals surface area contributed by atoms with E-state index in [2.05, 4.69) is 15.0 Å². The second-order valence-electron chi connectivity index (χ2n) is 6.44. The van der Waals surface area contributed by atoms with Crippen molar-refractivity contribution < 1.29 is 18.6 Å². The number of hydrogen-bond acceptors (Lipinski definition) is 8. The van der Waals surface area contributed by atoms with E-state index in [9.17, 15) is 9.36 Å². The number of fused-ring (bicyclic) bond motifs is 1. The number of nitrogens with zero attached hydrogens (tertiary/aromatic N) is 3. The molecule has 3 N–H and O–H groups in total. The molecular formula is C17H22N5O5P. The van der Waals surface area contributed by atoms with E-state index in [0.29, 0.717) is 23.5 Å². The van der Waals surface area contributed by atoms with Crippen LogP contribution in [0.4, 0.5) is 5.82 Å². The van der Waals surface area contributed by atoms with Gasteiger partial charge in [-0.2, -0.15) is 9.97 Å². The molecule has 0 unspecified atom stereocenters. The summed E-state index contributed by atoms with van der Waals surface area (Å²) in [5.41, 5.74) is 6.99. The first kappa shape index (κ1) is 19.9. The largest absolute Gasteiger partial charge is 0.461 e. The topological polar surface area (TPSA) is 134 Å². The van der Waals surface area contributed by atoms with E-state index in [1.165, 1.54) is 17.9 Å². The van der Waals surface area contributed by atoms with Gasteiger partial charge >= 0.3 is 11.7 Å². The number of aromatic nitrogens is 4. The summed E-state index contributed by atoms with van der Waals surface area (Å²) in [5, 5.41) is 0. The highest BCUT2D eigenvalue weighted by atomic mass is 31.2. The molecule has 0 amide bonds. The van der Waals surface area contributed by atoms with Crippen molar-refractivity contribution in [2.45, 2.75) is 6.54 Å². The lowest BCUT2D eigenvalue weighted by molar-refractivity contribution is 0.141. The SMILES string of the molecule is COCCOc1nc(N)c2[nH]c(=O)n(Cc3cccc(OP(C)(C)=O)c3)c2n1. The van der Waals surface area contributed by atoms with Crippen molar-refractivity contribution in [1.29, 1.82) is 0 Å². The minimum atomic E-state index is -2.69. The van der Waals surface area contributed by atoms with Crippen LogP contribution >= 0.6 is 7.37 Å². The van der Waals surface area contributed by atoms with Crippen molar-refractivity contribution in [2.75, 3.05) is 39.4 Å². The van der Waals surface area contributed by atoms with Crippen LogP contribution < -0.4 is 20.7 Å². The predicted octanol–water partition coefficient (Wildman–Crippen LogP) is 1.69. The van der Waals surface area contributed by atoms with Crippen molar-refractivity contribution in [2.24, 2.45) is 0 Å². The van der Waals surface area contributed by atoms with E-state index >= 15 is 0 Å². The highest BCUT2D eigenvalue weighted by Crippen LogP contribution is 2.38. The number of imidazole rings is 1. The first-order chi connectivity index (χ1) is 13.3. The Hall–Kier alpha value is -2.84. The van der Waals surface area contributed by atoms with Crippen molar-refractivity contribution in [3.63, 3.8) is 0 Å². The second kappa shape index (κ2) is 8.04. The third kappa shape index (κ3) is 4.71. The van der Waals surface area contributed by atoms with Crippen molar-refractivity contribution >= 4 is 24.4 Å². The van der Waals surface area contributed by atoms with Crippen LogP contribution in [0.5, 0.6) is 11.8 Å². The molecule has 0 aliphatic carbocycles. The monoisotopic (exact) mass is 407 g/mol. The summed E-state index contributed by atoms with van der Waals surface area (Å²) in [6, 6.07) is 7.09. The maximum atomic E-state index is 12.4. The maximum Gasteiger partial charge on any atom is 0.328 e. The number of benzene rings is 1. The first-order valence-corrected chi connectivity index (χ1v) is 11.0. The van der Waals surface area contributed by atoms with Gasteiger partial charge in [0.05, 0.1) is 13.2 Å².